The van der Waals surface area contributed by atoms with E-state index in [4.69, 9.17) is 11.6 Å². The minimum Gasteiger partial charge on any atom is -0.310 e. The zero-order valence-corrected chi connectivity index (χ0v) is 9.22. The van der Waals surface area contributed by atoms with Crippen LogP contribution in [0.1, 0.15) is 24.9 Å². The van der Waals surface area contributed by atoms with Gasteiger partial charge in [0.2, 0.25) is 0 Å². The van der Waals surface area contributed by atoms with Gasteiger partial charge in [-0.2, -0.15) is 0 Å². The summed E-state index contributed by atoms with van der Waals surface area (Å²) in [6.07, 6.45) is 2.85. The van der Waals surface area contributed by atoms with E-state index in [1.807, 2.05) is 24.3 Å². The minimum absolute atomic E-state index is 0.330. The van der Waals surface area contributed by atoms with E-state index < -0.39 is 0 Å². The lowest BCUT2D eigenvalue weighted by Crippen LogP contribution is -2.20. The molecule has 0 aliphatic heterocycles. The first kappa shape index (κ1) is 11.3. The van der Waals surface area contributed by atoms with Gasteiger partial charge < -0.3 is 5.32 Å². The van der Waals surface area contributed by atoms with Crippen LogP contribution in [0.2, 0.25) is 5.02 Å². The molecule has 2 heteroatoms. The second-order valence-electron chi connectivity index (χ2n) is 3.19. The van der Waals surface area contributed by atoms with Gasteiger partial charge in [0.15, 0.2) is 0 Å². The van der Waals surface area contributed by atoms with Crippen molar-refractivity contribution in [2.24, 2.45) is 0 Å². The second kappa shape index (κ2) is 5.84. The van der Waals surface area contributed by atoms with Crippen LogP contribution >= 0.6 is 11.6 Å². The molecule has 1 N–H and O–H groups in total. The van der Waals surface area contributed by atoms with Gasteiger partial charge in [0.05, 0.1) is 0 Å². The van der Waals surface area contributed by atoms with E-state index in [2.05, 4.69) is 24.9 Å². The van der Waals surface area contributed by atoms with Gasteiger partial charge in [0.1, 0.15) is 0 Å². The molecule has 1 unspecified atom stereocenters. The van der Waals surface area contributed by atoms with Gasteiger partial charge in [-0.05, 0) is 30.7 Å². The molecule has 0 heterocycles. The Hall–Kier alpha value is -0.790. The maximum atomic E-state index is 5.94. The maximum Gasteiger partial charge on any atom is 0.0409 e. The average Bonchev–Trinajstić information content (AvgIpc) is 2.17. The average molecular weight is 210 g/mol. The highest BCUT2D eigenvalue weighted by atomic mass is 35.5. The summed E-state index contributed by atoms with van der Waals surface area (Å²) in [4.78, 5) is 0. The van der Waals surface area contributed by atoms with Crippen molar-refractivity contribution in [1.29, 1.82) is 0 Å². The van der Waals surface area contributed by atoms with E-state index in [-0.39, 0.29) is 0 Å². The monoisotopic (exact) mass is 209 g/mol. The number of nitrogens with one attached hydrogen (secondary N) is 1. The lowest BCUT2D eigenvalue weighted by molar-refractivity contribution is 0.559. The van der Waals surface area contributed by atoms with Crippen molar-refractivity contribution >= 4 is 11.6 Å². The van der Waals surface area contributed by atoms with Gasteiger partial charge in [0.25, 0.3) is 0 Å². The Balaban J connectivity index is 2.80. The van der Waals surface area contributed by atoms with Gasteiger partial charge in [-0.1, -0.05) is 36.7 Å². The van der Waals surface area contributed by atoms with E-state index >= 15 is 0 Å². The fourth-order valence-corrected chi connectivity index (χ4v) is 1.67. The van der Waals surface area contributed by atoms with Crippen LogP contribution in [0.3, 0.4) is 0 Å². The molecule has 0 spiro atoms. The van der Waals surface area contributed by atoms with Crippen LogP contribution in [-0.4, -0.2) is 6.54 Å². The Morgan fingerprint density at radius 3 is 2.93 bits per heavy atom. The molecular formula is C12H16ClN. The molecular weight excluding hydrogens is 194 g/mol. The summed E-state index contributed by atoms with van der Waals surface area (Å²) in [6, 6.07) is 8.28. The van der Waals surface area contributed by atoms with Gasteiger partial charge in [-0.3, -0.25) is 0 Å². The molecule has 1 aromatic rings. The summed E-state index contributed by atoms with van der Waals surface area (Å²) < 4.78 is 0. The van der Waals surface area contributed by atoms with Crippen molar-refractivity contribution in [3.05, 3.63) is 47.5 Å². The van der Waals surface area contributed by atoms with E-state index in [1.54, 1.807) is 0 Å². The van der Waals surface area contributed by atoms with Crippen LogP contribution in [0, 0.1) is 0 Å². The van der Waals surface area contributed by atoms with Crippen molar-refractivity contribution in [2.45, 2.75) is 19.4 Å². The summed E-state index contributed by atoms with van der Waals surface area (Å²) in [5.74, 6) is 0. The third-order valence-corrected chi connectivity index (χ3v) is 2.34. The quantitative estimate of drug-likeness (QED) is 0.732. The molecule has 0 saturated heterocycles. The molecule has 0 aliphatic rings. The van der Waals surface area contributed by atoms with Gasteiger partial charge in [-0.25, -0.2) is 0 Å². The highest BCUT2D eigenvalue weighted by Gasteiger charge is 2.07. The molecule has 0 radical (unpaired) electrons. The third-order valence-electron chi connectivity index (χ3n) is 2.10. The van der Waals surface area contributed by atoms with E-state index in [1.165, 1.54) is 5.56 Å². The van der Waals surface area contributed by atoms with Gasteiger partial charge in [-0.15, -0.1) is 6.58 Å². The smallest absolute Gasteiger partial charge is 0.0409 e. The SMILES string of the molecule is C=CCC(NCC)c1cccc(Cl)c1. The lowest BCUT2D eigenvalue weighted by atomic mass is 10.0. The summed E-state index contributed by atoms with van der Waals surface area (Å²) >= 11 is 5.94. The van der Waals surface area contributed by atoms with Gasteiger partial charge >= 0.3 is 0 Å². The Labute approximate surface area is 90.8 Å². The number of halogens is 1. The molecule has 0 aliphatic carbocycles. The number of rotatable bonds is 5. The zero-order valence-electron chi connectivity index (χ0n) is 8.46. The van der Waals surface area contributed by atoms with Gasteiger partial charge in [0, 0.05) is 11.1 Å². The molecule has 14 heavy (non-hydrogen) atoms. The van der Waals surface area contributed by atoms with Crippen molar-refractivity contribution in [1.82, 2.24) is 5.32 Å². The Morgan fingerprint density at radius 1 is 1.57 bits per heavy atom. The standard InChI is InChI=1S/C12H16ClN/c1-3-6-12(14-4-2)10-7-5-8-11(13)9-10/h3,5,7-9,12,14H,1,4,6H2,2H3. The fourth-order valence-electron chi connectivity index (χ4n) is 1.47. The molecule has 0 fully saturated rings. The van der Waals surface area contributed by atoms with Crippen molar-refractivity contribution < 1.29 is 0 Å². The largest absolute Gasteiger partial charge is 0.310 e. The Bertz CT molecular complexity index is 296. The predicted molar refractivity (Wildman–Crippen MR) is 62.7 cm³/mol. The van der Waals surface area contributed by atoms with Crippen LogP contribution in [0.4, 0.5) is 0 Å². The molecule has 1 aromatic carbocycles. The van der Waals surface area contributed by atoms with E-state index in [0.29, 0.717) is 6.04 Å². The molecule has 76 valence electrons. The number of hydrogen-bond acceptors (Lipinski definition) is 1. The summed E-state index contributed by atoms with van der Waals surface area (Å²) in [5, 5.41) is 4.18. The van der Waals surface area contributed by atoms with E-state index in [9.17, 15) is 0 Å². The molecule has 1 nitrogen and oxygen atoms in total. The first-order valence-electron chi connectivity index (χ1n) is 4.87. The normalized spacial score (nSPS) is 12.4. The number of benzene rings is 1. The highest BCUT2D eigenvalue weighted by Crippen LogP contribution is 2.20. The van der Waals surface area contributed by atoms with Crippen molar-refractivity contribution in [3.8, 4) is 0 Å². The Kier molecular flexibility index (Phi) is 4.71. The fraction of sp³-hybridized carbons (Fsp3) is 0.333. The second-order valence-corrected chi connectivity index (χ2v) is 3.63. The van der Waals surface area contributed by atoms with Crippen LogP contribution in [0.25, 0.3) is 0 Å². The highest BCUT2D eigenvalue weighted by molar-refractivity contribution is 6.30. The molecule has 0 amide bonds. The number of hydrogen-bond donors (Lipinski definition) is 1. The lowest BCUT2D eigenvalue weighted by Gasteiger charge is -2.16. The molecule has 1 atom stereocenters. The molecule has 0 aromatic heterocycles. The molecule has 0 bridgehead atoms. The summed E-state index contributed by atoms with van der Waals surface area (Å²) in [7, 11) is 0. The Morgan fingerprint density at radius 2 is 2.36 bits per heavy atom. The van der Waals surface area contributed by atoms with Crippen LogP contribution in [0.5, 0.6) is 0 Å². The molecule has 1 rings (SSSR count). The zero-order chi connectivity index (χ0) is 10.4. The van der Waals surface area contributed by atoms with E-state index in [0.717, 1.165) is 18.0 Å². The van der Waals surface area contributed by atoms with Crippen LogP contribution in [-0.2, 0) is 0 Å². The maximum absolute atomic E-state index is 5.94. The topological polar surface area (TPSA) is 12.0 Å². The molecule has 0 saturated carbocycles. The third kappa shape index (κ3) is 3.17. The summed E-state index contributed by atoms with van der Waals surface area (Å²) in [5.41, 5.74) is 1.22. The summed E-state index contributed by atoms with van der Waals surface area (Å²) in [6.45, 7) is 6.80. The minimum atomic E-state index is 0.330. The van der Waals surface area contributed by atoms with Crippen LogP contribution in [0.15, 0.2) is 36.9 Å². The predicted octanol–water partition coefficient (Wildman–Crippen LogP) is 3.57. The first-order chi connectivity index (χ1) is 6.77. The van der Waals surface area contributed by atoms with Crippen molar-refractivity contribution in [3.63, 3.8) is 0 Å². The first-order valence-corrected chi connectivity index (χ1v) is 5.25. The van der Waals surface area contributed by atoms with Crippen LogP contribution < -0.4 is 5.32 Å². The van der Waals surface area contributed by atoms with Crippen molar-refractivity contribution in [2.75, 3.05) is 6.54 Å².